The molecule has 2 aromatic carbocycles. The Morgan fingerprint density at radius 2 is 1.50 bits per heavy atom. The second-order valence-electron chi connectivity index (χ2n) is 5.88. The van der Waals surface area contributed by atoms with Crippen molar-refractivity contribution in [3.05, 3.63) is 54.2 Å². The van der Waals surface area contributed by atoms with Crippen molar-refractivity contribution in [1.29, 1.82) is 0 Å². The smallest absolute Gasteiger partial charge is 0.223 e. The van der Waals surface area contributed by atoms with E-state index < -0.39 is 0 Å². The van der Waals surface area contributed by atoms with E-state index in [2.05, 4.69) is 15.3 Å². The molecule has 1 aromatic heterocycles. The van der Waals surface area contributed by atoms with Gasteiger partial charge >= 0.3 is 0 Å². The Morgan fingerprint density at radius 3 is 2.07 bits per heavy atom. The Hall–Kier alpha value is -3.48. The van der Waals surface area contributed by atoms with Crippen molar-refractivity contribution in [2.24, 2.45) is 0 Å². The molecule has 28 heavy (non-hydrogen) atoms. The van der Waals surface area contributed by atoms with Crippen LogP contribution in [0.15, 0.2) is 48.7 Å². The number of methoxy groups -OCH3 is 4. The van der Waals surface area contributed by atoms with Crippen LogP contribution in [0.2, 0.25) is 0 Å². The maximum Gasteiger partial charge on any atom is 0.223 e. The van der Waals surface area contributed by atoms with Gasteiger partial charge in [-0.2, -0.15) is 0 Å². The quantitative estimate of drug-likeness (QED) is 0.636. The van der Waals surface area contributed by atoms with Crippen LogP contribution in [0.3, 0.4) is 0 Å². The van der Waals surface area contributed by atoms with E-state index in [9.17, 15) is 0 Å². The number of rotatable bonds is 8. The fourth-order valence-electron chi connectivity index (χ4n) is 2.78. The molecule has 0 saturated heterocycles. The van der Waals surface area contributed by atoms with E-state index in [1.807, 2.05) is 42.5 Å². The van der Waals surface area contributed by atoms with Crippen LogP contribution in [0.25, 0.3) is 11.3 Å². The number of hydrogen-bond acceptors (Lipinski definition) is 7. The first kappa shape index (κ1) is 19.3. The number of nitrogens with one attached hydrogen (secondary N) is 1. The summed E-state index contributed by atoms with van der Waals surface area (Å²) >= 11 is 0. The fraction of sp³-hybridized carbons (Fsp3) is 0.238. The van der Waals surface area contributed by atoms with Gasteiger partial charge in [0.15, 0.2) is 11.5 Å². The topological polar surface area (TPSA) is 74.7 Å². The summed E-state index contributed by atoms with van der Waals surface area (Å²) in [6, 6.07) is 13.4. The van der Waals surface area contributed by atoms with Gasteiger partial charge in [0.1, 0.15) is 5.75 Å². The van der Waals surface area contributed by atoms with Gasteiger partial charge in [0.2, 0.25) is 11.7 Å². The second kappa shape index (κ2) is 8.94. The summed E-state index contributed by atoms with van der Waals surface area (Å²) in [4.78, 5) is 8.88. The first-order valence-corrected chi connectivity index (χ1v) is 8.68. The van der Waals surface area contributed by atoms with Gasteiger partial charge in [-0.25, -0.2) is 9.97 Å². The molecule has 0 amide bonds. The number of hydrogen-bond donors (Lipinski definition) is 1. The lowest BCUT2D eigenvalue weighted by Crippen LogP contribution is -2.05. The van der Waals surface area contributed by atoms with Crippen molar-refractivity contribution in [1.82, 2.24) is 9.97 Å². The molecule has 3 rings (SSSR count). The van der Waals surface area contributed by atoms with Gasteiger partial charge in [-0.3, -0.25) is 0 Å². The maximum atomic E-state index is 5.39. The van der Waals surface area contributed by atoms with Crippen molar-refractivity contribution < 1.29 is 18.9 Å². The molecule has 0 bridgehead atoms. The normalized spacial score (nSPS) is 10.3. The van der Waals surface area contributed by atoms with Crippen molar-refractivity contribution >= 4 is 5.95 Å². The average Bonchev–Trinajstić information content (AvgIpc) is 2.77. The third-order valence-electron chi connectivity index (χ3n) is 4.22. The molecule has 3 aromatic rings. The lowest BCUT2D eigenvalue weighted by molar-refractivity contribution is 0.324. The largest absolute Gasteiger partial charge is 0.497 e. The Morgan fingerprint density at radius 1 is 0.821 bits per heavy atom. The maximum absolute atomic E-state index is 5.39. The molecule has 1 N–H and O–H groups in total. The summed E-state index contributed by atoms with van der Waals surface area (Å²) in [6.07, 6.45) is 1.73. The van der Waals surface area contributed by atoms with Gasteiger partial charge in [0.25, 0.3) is 0 Å². The van der Waals surface area contributed by atoms with E-state index in [4.69, 9.17) is 18.9 Å². The van der Waals surface area contributed by atoms with Crippen LogP contribution in [0, 0.1) is 0 Å². The zero-order valence-electron chi connectivity index (χ0n) is 16.4. The van der Waals surface area contributed by atoms with E-state index in [1.165, 1.54) is 0 Å². The van der Waals surface area contributed by atoms with Crippen LogP contribution < -0.4 is 24.3 Å². The Bertz CT molecular complexity index is 904. The minimum absolute atomic E-state index is 0.503. The van der Waals surface area contributed by atoms with Crippen LogP contribution in [-0.2, 0) is 6.54 Å². The highest BCUT2D eigenvalue weighted by Crippen LogP contribution is 2.38. The van der Waals surface area contributed by atoms with E-state index in [1.54, 1.807) is 34.6 Å². The predicted octanol–water partition coefficient (Wildman–Crippen LogP) is 3.79. The highest BCUT2D eigenvalue weighted by Gasteiger charge is 2.13. The van der Waals surface area contributed by atoms with Gasteiger partial charge in [-0.15, -0.1) is 0 Å². The predicted molar refractivity (Wildman–Crippen MR) is 107 cm³/mol. The summed E-state index contributed by atoms with van der Waals surface area (Å²) in [5.74, 6) is 3.10. The van der Waals surface area contributed by atoms with E-state index in [0.29, 0.717) is 29.7 Å². The summed E-state index contributed by atoms with van der Waals surface area (Å²) in [5, 5.41) is 3.23. The first-order valence-electron chi connectivity index (χ1n) is 8.68. The fourth-order valence-corrected chi connectivity index (χ4v) is 2.78. The third-order valence-corrected chi connectivity index (χ3v) is 4.22. The van der Waals surface area contributed by atoms with Crippen molar-refractivity contribution in [2.45, 2.75) is 6.54 Å². The molecule has 0 fully saturated rings. The molecule has 0 saturated carbocycles. The lowest BCUT2D eigenvalue weighted by Gasteiger charge is -2.14. The number of nitrogens with zero attached hydrogens (tertiary/aromatic N) is 2. The van der Waals surface area contributed by atoms with Crippen molar-refractivity contribution in [3.8, 4) is 34.3 Å². The molecule has 1 heterocycles. The Labute approximate surface area is 164 Å². The summed E-state index contributed by atoms with van der Waals surface area (Å²) < 4.78 is 21.3. The Kier molecular flexibility index (Phi) is 6.16. The van der Waals surface area contributed by atoms with Gasteiger partial charge in [-0.1, -0.05) is 0 Å². The van der Waals surface area contributed by atoms with Gasteiger partial charge in [0.05, 0.1) is 34.1 Å². The van der Waals surface area contributed by atoms with Crippen LogP contribution in [0.1, 0.15) is 5.56 Å². The SMILES string of the molecule is COc1ccc(-c2ccnc(NCc3cc(OC)c(OC)c(OC)c3)n2)cc1. The molecule has 0 aliphatic carbocycles. The summed E-state index contributed by atoms with van der Waals surface area (Å²) in [7, 11) is 6.41. The number of aromatic nitrogens is 2. The summed E-state index contributed by atoms with van der Waals surface area (Å²) in [5.41, 5.74) is 2.76. The molecule has 0 atom stereocenters. The molecule has 7 heteroatoms. The molecule has 7 nitrogen and oxygen atoms in total. The number of ether oxygens (including phenoxy) is 4. The first-order chi connectivity index (χ1) is 13.7. The van der Waals surface area contributed by atoms with Gasteiger partial charge in [0, 0.05) is 18.3 Å². The molecular weight excluding hydrogens is 358 g/mol. The second-order valence-corrected chi connectivity index (χ2v) is 5.88. The van der Waals surface area contributed by atoms with Crippen molar-refractivity contribution in [2.75, 3.05) is 33.8 Å². The zero-order chi connectivity index (χ0) is 19.9. The molecule has 0 aliphatic rings. The highest BCUT2D eigenvalue weighted by atomic mass is 16.5. The minimum atomic E-state index is 0.503. The van der Waals surface area contributed by atoms with Gasteiger partial charge in [-0.05, 0) is 48.0 Å². The van der Waals surface area contributed by atoms with E-state index in [-0.39, 0.29) is 0 Å². The molecule has 0 radical (unpaired) electrons. The molecular formula is C21H23N3O4. The van der Waals surface area contributed by atoms with E-state index in [0.717, 1.165) is 22.6 Å². The van der Waals surface area contributed by atoms with Crippen LogP contribution in [0.4, 0.5) is 5.95 Å². The Balaban J connectivity index is 1.78. The van der Waals surface area contributed by atoms with Crippen LogP contribution in [0.5, 0.6) is 23.0 Å². The third kappa shape index (κ3) is 4.25. The highest BCUT2D eigenvalue weighted by molar-refractivity contribution is 5.61. The standard InChI is InChI=1S/C21H23N3O4/c1-25-16-7-5-15(6-8-16)17-9-10-22-21(24-17)23-13-14-11-18(26-2)20(28-4)19(12-14)27-3/h5-12H,13H2,1-4H3,(H,22,23,24). The van der Waals surface area contributed by atoms with Crippen LogP contribution >= 0.6 is 0 Å². The average molecular weight is 381 g/mol. The lowest BCUT2D eigenvalue weighted by atomic mass is 10.1. The molecule has 146 valence electrons. The molecule has 0 aliphatic heterocycles. The minimum Gasteiger partial charge on any atom is -0.497 e. The van der Waals surface area contributed by atoms with E-state index >= 15 is 0 Å². The zero-order valence-corrected chi connectivity index (χ0v) is 16.4. The number of benzene rings is 2. The van der Waals surface area contributed by atoms with Crippen molar-refractivity contribution in [3.63, 3.8) is 0 Å². The monoisotopic (exact) mass is 381 g/mol. The van der Waals surface area contributed by atoms with Crippen LogP contribution in [-0.4, -0.2) is 38.4 Å². The molecule has 0 unspecified atom stereocenters. The summed E-state index contributed by atoms with van der Waals surface area (Å²) in [6.45, 7) is 0.503. The number of anilines is 1. The molecule has 0 spiro atoms. The van der Waals surface area contributed by atoms with Gasteiger partial charge < -0.3 is 24.3 Å².